The fraction of sp³-hybridized carbons (Fsp3) is 0.136. The topological polar surface area (TPSA) is 75.0 Å². The molecule has 2 aliphatic heterocycles. The molecule has 0 radical (unpaired) electrons. The number of hydrogen-bond donors (Lipinski definition) is 1. The van der Waals surface area contributed by atoms with Gasteiger partial charge in [-0.05, 0) is 43.2 Å². The van der Waals surface area contributed by atoms with Gasteiger partial charge in [0, 0.05) is 6.08 Å². The number of nitrogens with zero attached hydrogens (tertiary/aromatic N) is 2. The number of benzene rings is 2. The summed E-state index contributed by atoms with van der Waals surface area (Å²) >= 11 is 0. The summed E-state index contributed by atoms with van der Waals surface area (Å²) in [6.45, 7) is 4.28. The van der Waals surface area contributed by atoms with E-state index in [4.69, 9.17) is 15.0 Å². The van der Waals surface area contributed by atoms with Gasteiger partial charge in [-0.1, -0.05) is 42.0 Å². The molecule has 0 bridgehead atoms. The number of nitrogens with one attached hydrogen (secondary N) is 1. The number of amidine groups is 2. The minimum Gasteiger partial charge on any atom is -0.489 e. The van der Waals surface area contributed by atoms with E-state index < -0.39 is 5.91 Å². The molecule has 0 saturated carbocycles. The molecule has 1 amide bonds. The van der Waals surface area contributed by atoms with Gasteiger partial charge in [0.25, 0.3) is 5.91 Å². The van der Waals surface area contributed by atoms with Crippen molar-refractivity contribution in [3.05, 3.63) is 82.6 Å². The number of carbonyl (C=O) groups excluding carboxylic acids is 1. The van der Waals surface area contributed by atoms with E-state index in [0.29, 0.717) is 18.2 Å². The molecule has 0 aliphatic carbocycles. The Hall–Kier alpha value is -3.67. The second-order valence-corrected chi connectivity index (χ2v) is 6.67. The number of amides is 1. The molecule has 6 nitrogen and oxygen atoms in total. The first-order valence-corrected chi connectivity index (χ1v) is 8.88. The quantitative estimate of drug-likeness (QED) is 0.821. The van der Waals surface area contributed by atoms with E-state index in [1.54, 1.807) is 19.1 Å². The number of hydrogen-bond acceptors (Lipinski definition) is 4. The molecular weight excluding hydrogens is 354 g/mol. The molecule has 2 heterocycles. The van der Waals surface area contributed by atoms with E-state index in [1.807, 2.05) is 43.3 Å². The van der Waals surface area contributed by atoms with E-state index in [9.17, 15) is 4.79 Å². The van der Waals surface area contributed by atoms with Gasteiger partial charge in [0.05, 0.1) is 5.57 Å². The molecule has 0 spiro atoms. The van der Waals surface area contributed by atoms with Gasteiger partial charge in [-0.25, -0.2) is 0 Å². The Labute approximate surface area is 162 Å². The zero-order valence-corrected chi connectivity index (χ0v) is 15.6. The van der Waals surface area contributed by atoms with Crippen LogP contribution in [0.5, 0.6) is 5.75 Å². The van der Waals surface area contributed by atoms with Gasteiger partial charge in [-0.2, -0.15) is 4.99 Å². The molecule has 6 heteroatoms. The molecule has 140 valence electrons. The summed E-state index contributed by atoms with van der Waals surface area (Å²) in [6.07, 6.45) is 3.26. The van der Waals surface area contributed by atoms with Crippen LogP contribution >= 0.6 is 0 Å². The highest BCUT2D eigenvalue weighted by molar-refractivity contribution is 6.32. The molecular formula is C22H19N3O3. The Morgan fingerprint density at radius 1 is 1.11 bits per heavy atom. The Balaban J connectivity index is 1.46. The third kappa shape index (κ3) is 3.57. The maximum atomic E-state index is 12.3. The lowest BCUT2D eigenvalue weighted by atomic mass is 10.1. The largest absolute Gasteiger partial charge is 0.489 e. The summed E-state index contributed by atoms with van der Waals surface area (Å²) in [5, 5.41) is 9.49. The van der Waals surface area contributed by atoms with E-state index in [0.717, 1.165) is 16.9 Å². The average Bonchev–Trinajstić information content (AvgIpc) is 3.06. The Kier molecular flexibility index (Phi) is 4.53. The van der Waals surface area contributed by atoms with Crippen molar-refractivity contribution in [2.45, 2.75) is 20.5 Å². The van der Waals surface area contributed by atoms with Crippen LogP contribution < -0.4 is 4.74 Å². The van der Waals surface area contributed by atoms with Crippen LogP contribution in [-0.4, -0.2) is 22.6 Å². The minimum absolute atomic E-state index is 0.0252. The maximum Gasteiger partial charge on any atom is 0.282 e. The highest BCUT2D eigenvalue weighted by Gasteiger charge is 2.34. The number of aliphatic imine (C=N–C) groups is 1. The highest BCUT2D eigenvalue weighted by atomic mass is 16.7. The number of hydroxylamine groups is 2. The van der Waals surface area contributed by atoms with Gasteiger partial charge in [-0.3, -0.25) is 10.2 Å². The highest BCUT2D eigenvalue weighted by Crippen LogP contribution is 2.24. The second-order valence-electron chi connectivity index (χ2n) is 6.67. The van der Waals surface area contributed by atoms with Gasteiger partial charge >= 0.3 is 0 Å². The lowest BCUT2D eigenvalue weighted by Gasteiger charge is -2.22. The van der Waals surface area contributed by atoms with Crippen LogP contribution in [0.15, 0.2) is 70.9 Å². The molecule has 0 atom stereocenters. The maximum absolute atomic E-state index is 12.3. The first kappa shape index (κ1) is 17.7. The van der Waals surface area contributed by atoms with Crippen molar-refractivity contribution in [1.29, 1.82) is 5.41 Å². The standard InChI is InChI=1S/C22H19N3O3/c1-14-3-5-17(6-4-14)13-27-18-9-7-16(8-10-18)12-19-21(23)25-20(24-22(19)26)11-15(2)28-25/h3-12,23H,13H2,1-2H3/b19-12+,23-21?. The number of ether oxygens (including phenoxy) is 1. The number of aryl methyl sites for hydroxylation is 1. The number of carbonyl (C=O) groups is 1. The van der Waals surface area contributed by atoms with Crippen molar-refractivity contribution in [2.75, 3.05) is 0 Å². The zero-order chi connectivity index (χ0) is 19.7. The molecule has 2 aromatic carbocycles. The fourth-order valence-electron chi connectivity index (χ4n) is 2.88. The average molecular weight is 373 g/mol. The SMILES string of the molecule is CC1=CC2=NC(=O)/C(=C/c3ccc(OCc4ccc(C)cc4)cc3)C(=N)N2O1. The Morgan fingerprint density at radius 3 is 2.54 bits per heavy atom. The third-order valence-corrected chi connectivity index (χ3v) is 4.40. The predicted octanol–water partition coefficient (Wildman–Crippen LogP) is 4.02. The summed E-state index contributed by atoms with van der Waals surface area (Å²) in [7, 11) is 0. The lowest BCUT2D eigenvalue weighted by Crippen LogP contribution is -2.38. The van der Waals surface area contributed by atoms with Gasteiger partial charge in [-0.15, -0.1) is 5.06 Å². The predicted molar refractivity (Wildman–Crippen MR) is 107 cm³/mol. The van der Waals surface area contributed by atoms with Gasteiger partial charge in [0.2, 0.25) is 0 Å². The summed E-state index contributed by atoms with van der Waals surface area (Å²) in [4.78, 5) is 21.7. The van der Waals surface area contributed by atoms with Crippen LogP contribution in [-0.2, 0) is 16.2 Å². The molecule has 4 rings (SSSR count). The van der Waals surface area contributed by atoms with E-state index in [-0.39, 0.29) is 11.4 Å². The van der Waals surface area contributed by atoms with Crippen molar-refractivity contribution in [2.24, 2.45) is 4.99 Å². The van der Waals surface area contributed by atoms with E-state index >= 15 is 0 Å². The summed E-state index contributed by atoms with van der Waals surface area (Å²) < 4.78 is 5.80. The Bertz CT molecular complexity index is 1030. The first-order chi connectivity index (χ1) is 13.5. The Morgan fingerprint density at radius 2 is 1.82 bits per heavy atom. The molecule has 2 aliphatic rings. The second kappa shape index (κ2) is 7.15. The number of rotatable bonds is 4. The van der Waals surface area contributed by atoms with E-state index in [1.165, 1.54) is 10.6 Å². The van der Waals surface area contributed by atoms with E-state index in [2.05, 4.69) is 17.1 Å². The van der Waals surface area contributed by atoms with Crippen molar-refractivity contribution in [1.82, 2.24) is 5.06 Å². The van der Waals surface area contributed by atoms with Crippen molar-refractivity contribution >= 4 is 23.7 Å². The summed E-state index contributed by atoms with van der Waals surface area (Å²) in [5.74, 6) is 1.18. The molecule has 2 aromatic rings. The van der Waals surface area contributed by atoms with Crippen LogP contribution in [0.4, 0.5) is 0 Å². The van der Waals surface area contributed by atoms with Crippen LogP contribution in [0.1, 0.15) is 23.6 Å². The molecule has 1 N–H and O–H groups in total. The zero-order valence-electron chi connectivity index (χ0n) is 15.6. The van der Waals surface area contributed by atoms with Crippen molar-refractivity contribution < 1.29 is 14.4 Å². The van der Waals surface area contributed by atoms with Gasteiger partial charge in [0.1, 0.15) is 18.1 Å². The summed E-state index contributed by atoms with van der Waals surface area (Å²) in [5.41, 5.74) is 3.27. The van der Waals surface area contributed by atoms with Crippen molar-refractivity contribution in [3.63, 3.8) is 0 Å². The van der Waals surface area contributed by atoms with Crippen LogP contribution in [0, 0.1) is 12.3 Å². The smallest absolute Gasteiger partial charge is 0.282 e. The van der Waals surface area contributed by atoms with Crippen LogP contribution in [0.2, 0.25) is 0 Å². The monoisotopic (exact) mass is 373 g/mol. The third-order valence-electron chi connectivity index (χ3n) is 4.40. The normalized spacial score (nSPS) is 17.2. The lowest BCUT2D eigenvalue weighted by molar-refractivity contribution is -0.114. The molecule has 0 fully saturated rings. The molecule has 0 aromatic heterocycles. The van der Waals surface area contributed by atoms with Crippen LogP contribution in [0.25, 0.3) is 6.08 Å². The number of fused-ring (bicyclic) bond motifs is 1. The number of allylic oxidation sites excluding steroid dienone is 1. The molecule has 28 heavy (non-hydrogen) atoms. The molecule has 0 unspecified atom stereocenters. The molecule has 0 saturated heterocycles. The van der Waals surface area contributed by atoms with Gasteiger partial charge < -0.3 is 9.57 Å². The fourth-order valence-corrected chi connectivity index (χ4v) is 2.88. The summed E-state index contributed by atoms with van der Waals surface area (Å²) in [6, 6.07) is 15.5. The van der Waals surface area contributed by atoms with Gasteiger partial charge in [0.15, 0.2) is 11.7 Å². The first-order valence-electron chi connectivity index (χ1n) is 8.88. The van der Waals surface area contributed by atoms with Crippen molar-refractivity contribution in [3.8, 4) is 5.75 Å². The minimum atomic E-state index is -0.453. The van der Waals surface area contributed by atoms with Crippen LogP contribution in [0.3, 0.4) is 0 Å².